The summed E-state index contributed by atoms with van der Waals surface area (Å²) in [7, 11) is -3.89. The zero-order chi connectivity index (χ0) is 20.9. The number of aryl methyl sites for hydroxylation is 1. The number of benzene rings is 2. The molecule has 1 aliphatic heterocycles. The second kappa shape index (κ2) is 9.50. The molecule has 2 aromatic carbocycles. The second-order valence-electron chi connectivity index (χ2n) is 6.96. The summed E-state index contributed by atoms with van der Waals surface area (Å²) in [6, 6.07) is 13.7. The zero-order valence-electron chi connectivity index (χ0n) is 16.4. The van der Waals surface area contributed by atoms with E-state index in [-0.39, 0.29) is 16.6 Å². The molecule has 0 N–H and O–H groups in total. The molecule has 1 fully saturated rings. The van der Waals surface area contributed by atoms with Gasteiger partial charge in [-0.1, -0.05) is 12.1 Å². The standard InChI is InChI=1S/C21H25ClN2O4S/c1-17(25)23-13-15-24(16-14-23)19-6-8-20(9-7-19)28-29(26,27)21-10-4-18(5-11-21)3-2-12-22/h4-11H,2-3,12-16H2,1H3. The zero-order valence-corrected chi connectivity index (χ0v) is 18.0. The maximum atomic E-state index is 12.5. The van der Waals surface area contributed by atoms with Crippen LogP contribution in [0.1, 0.15) is 18.9 Å². The predicted octanol–water partition coefficient (Wildman–Crippen LogP) is 3.29. The third-order valence-electron chi connectivity index (χ3n) is 4.94. The van der Waals surface area contributed by atoms with Crippen LogP contribution in [0.15, 0.2) is 53.4 Å². The van der Waals surface area contributed by atoms with Gasteiger partial charge in [0, 0.05) is 44.7 Å². The molecule has 8 heteroatoms. The maximum absolute atomic E-state index is 12.5. The molecule has 6 nitrogen and oxygen atoms in total. The number of anilines is 1. The van der Waals surface area contributed by atoms with Gasteiger partial charge in [0.05, 0.1) is 0 Å². The van der Waals surface area contributed by atoms with E-state index in [4.69, 9.17) is 15.8 Å². The Morgan fingerprint density at radius 2 is 1.62 bits per heavy atom. The van der Waals surface area contributed by atoms with Gasteiger partial charge < -0.3 is 14.0 Å². The minimum absolute atomic E-state index is 0.0886. The molecule has 29 heavy (non-hydrogen) atoms. The van der Waals surface area contributed by atoms with Crippen LogP contribution in [0.2, 0.25) is 0 Å². The second-order valence-corrected chi connectivity index (χ2v) is 8.89. The summed E-state index contributed by atoms with van der Waals surface area (Å²) in [5, 5.41) is 0. The molecule has 0 bridgehead atoms. The number of amides is 1. The minimum atomic E-state index is -3.89. The van der Waals surface area contributed by atoms with Crippen LogP contribution in [0.4, 0.5) is 5.69 Å². The summed E-state index contributed by atoms with van der Waals surface area (Å²) in [5.74, 6) is 0.930. The molecule has 0 saturated carbocycles. The molecule has 2 aromatic rings. The molecular formula is C21H25ClN2O4S. The van der Waals surface area contributed by atoms with Crippen molar-refractivity contribution in [2.45, 2.75) is 24.7 Å². The molecule has 0 spiro atoms. The van der Waals surface area contributed by atoms with Crippen molar-refractivity contribution in [1.29, 1.82) is 0 Å². The number of halogens is 1. The van der Waals surface area contributed by atoms with E-state index in [0.717, 1.165) is 37.2 Å². The number of hydrogen-bond donors (Lipinski definition) is 0. The van der Waals surface area contributed by atoms with Crippen molar-refractivity contribution in [1.82, 2.24) is 4.90 Å². The first-order valence-electron chi connectivity index (χ1n) is 9.59. The lowest BCUT2D eigenvalue weighted by molar-refractivity contribution is -0.129. The van der Waals surface area contributed by atoms with E-state index in [1.807, 2.05) is 17.0 Å². The van der Waals surface area contributed by atoms with Gasteiger partial charge in [-0.2, -0.15) is 8.42 Å². The van der Waals surface area contributed by atoms with Gasteiger partial charge in [-0.3, -0.25) is 4.79 Å². The van der Waals surface area contributed by atoms with E-state index < -0.39 is 10.1 Å². The summed E-state index contributed by atoms with van der Waals surface area (Å²) in [4.78, 5) is 15.5. The van der Waals surface area contributed by atoms with Gasteiger partial charge in [-0.25, -0.2) is 0 Å². The van der Waals surface area contributed by atoms with Crippen molar-refractivity contribution in [3.8, 4) is 5.75 Å². The van der Waals surface area contributed by atoms with Crippen molar-refractivity contribution in [3.63, 3.8) is 0 Å². The highest BCUT2D eigenvalue weighted by atomic mass is 35.5. The fourth-order valence-corrected chi connectivity index (χ4v) is 4.32. The number of piperazine rings is 1. The van der Waals surface area contributed by atoms with Crippen molar-refractivity contribution in [3.05, 3.63) is 54.1 Å². The van der Waals surface area contributed by atoms with Crippen LogP contribution in [0.3, 0.4) is 0 Å². The normalized spacial score (nSPS) is 14.7. The van der Waals surface area contributed by atoms with Crippen molar-refractivity contribution < 1.29 is 17.4 Å². The van der Waals surface area contributed by atoms with Gasteiger partial charge >= 0.3 is 10.1 Å². The van der Waals surface area contributed by atoms with Gasteiger partial charge in [0.25, 0.3) is 0 Å². The van der Waals surface area contributed by atoms with E-state index in [0.29, 0.717) is 19.0 Å². The van der Waals surface area contributed by atoms with Gasteiger partial charge in [0.15, 0.2) is 0 Å². The lowest BCUT2D eigenvalue weighted by atomic mass is 10.1. The average Bonchev–Trinajstić information content (AvgIpc) is 2.73. The maximum Gasteiger partial charge on any atom is 0.339 e. The SMILES string of the molecule is CC(=O)N1CCN(c2ccc(OS(=O)(=O)c3ccc(CCCCl)cc3)cc2)CC1. The van der Waals surface area contributed by atoms with E-state index in [2.05, 4.69) is 4.90 Å². The molecule has 0 radical (unpaired) electrons. The number of hydrogen-bond acceptors (Lipinski definition) is 5. The van der Waals surface area contributed by atoms with Gasteiger partial charge in [-0.15, -0.1) is 11.6 Å². The van der Waals surface area contributed by atoms with Crippen LogP contribution in [-0.4, -0.2) is 51.3 Å². The first-order valence-corrected chi connectivity index (χ1v) is 11.5. The third-order valence-corrected chi connectivity index (χ3v) is 6.47. The molecule has 0 unspecified atom stereocenters. The number of alkyl halides is 1. The Bertz CT molecular complexity index is 922. The van der Waals surface area contributed by atoms with Crippen LogP contribution >= 0.6 is 11.6 Å². The highest BCUT2D eigenvalue weighted by Gasteiger charge is 2.20. The summed E-state index contributed by atoms with van der Waals surface area (Å²) < 4.78 is 30.3. The van der Waals surface area contributed by atoms with Crippen molar-refractivity contribution in [2.75, 3.05) is 37.0 Å². The first-order chi connectivity index (χ1) is 13.9. The number of rotatable bonds is 7. The average molecular weight is 437 g/mol. The summed E-state index contributed by atoms with van der Waals surface area (Å²) in [6.45, 7) is 4.43. The molecule has 0 aliphatic carbocycles. The smallest absolute Gasteiger partial charge is 0.339 e. The van der Waals surface area contributed by atoms with Gasteiger partial charge in [0.1, 0.15) is 10.6 Å². The Labute approximate surface area is 177 Å². The minimum Gasteiger partial charge on any atom is -0.379 e. The summed E-state index contributed by atoms with van der Waals surface area (Å²) >= 11 is 5.69. The highest BCUT2D eigenvalue weighted by molar-refractivity contribution is 7.87. The predicted molar refractivity (Wildman–Crippen MR) is 114 cm³/mol. The molecule has 1 amide bonds. The van der Waals surface area contributed by atoms with Crippen molar-refractivity contribution in [2.24, 2.45) is 0 Å². The molecule has 0 atom stereocenters. The quantitative estimate of drug-likeness (QED) is 0.492. The number of carbonyl (C=O) groups excluding carboxylic acids is 1. The Morgan fingerprint density at radius 3 is 2.17 bits per heavy atom. The van der Waals surface area contributed by atoms with Crippen LogP contribution in [0, 0.1) is 0 Å². The van der Waals surface area contributed by atoms with Crippen LogP contribution < -0.4 is 9.08 Å². The summed E-state index contributed by atoms with van der Waals surface area (Å²) in [6.07, 6.45) is 1.66. The molecule has 1 aliphatic rings. The third kappa shape index (κ3) is 5.64. The molecular weight excluding hydrogens is 412 g/mol. The lowest BCUT2D eigenvalue weighted by Crippen LogP contribution is -2.48. The molecule has 1 saturated heterocycles. The van der Waals surface area contributed by atoms with Crippen molar-refractivity contribution >= 4 is 33.3 Å². The molecule has 3 rings (SSSR count). The number of nitrogens with zero attached hydrogens (tertiary/aromatic N) is 2. The van der Waals surface area contributed by atoms with E-state index >= 15 is 0 Å². The number of carbonyl (C=O) groups is 1. The van der Waals surface area contributed by atoms with Crippen LogP contribution in [0.5, 0.6) is 5.75 Å². The molecule has 0 aromatic heterocycles. The van der Waals surface area contributed by atoms with Gasteiger partial charge in [-0.05, 0) is 54.8 Å². The Balaban J connectivity index is 1.62. The van der Waals surface area contributed by atoms with Gasteiger partial charge in [0.2, 0.25) is 5.91 Å². The van der Waals surface area contributed by atoms with E-state index in [1.165, 1.54) is 0 Å². The van der Waals surface area contributed by atoms with Crippen LogP contribution in [-0.2, 0) is 21.3 Å². The summed E-state index contributed by atoms with van der Waals surface area (Å²) in [5.41, 5.74) is 2.01. The topological polar surface area (TPSA) is 66.9 Å². The Hall–Kier alpha value is -2.25. The largest absolute Gasteiger partial charge is 0.379 e. The fourth-order valence-electron chi connectivity index (χ4n) is 3.26. The van der Waals surface area contributed by atoms with Crippen LogP contribution in [0.25, 0.3) is 0 Å². The van der Waals surface area contributed by atoms with E-state index in [9.17, 15) is 13.2 Å². The lowest BCUT2D eigenvalue weighted by Gasteiger charge is -2.35. The first kappa shape index (κ1) is 21.5. The Kier molecular flexibility index (Phi) is 7.03. The Morgan fingerprint density at radius 1 is 1.00 bits per heavy atom. The van der Waals surface area contributed by atoms with E-state index in [1.54, 1.807) is 43.3 Å². The monoisotopic (exact) mass is 436 g/mol. The molecule has 1 heterocycles. The highest BCUT2D eigenvalue weighted by Crippen LogP contribution is 2.24. The fraction of sp³-hybridized carbons (Fsp3) is 0.381. The molecule has 156 valence electrons.